The van der Waals surface area contributed by atoms with Crippen molar-refractivity contribution in [2.75, 3.05) is 13.7 Å². The lowest BCUT2D eigenvalue weighted by molar-refractivity contribution is 0.307. The van der Waals surface area contributed by atoms with E-state index in [-0.39, 0.29) is 0 Å². The molecule has 1 aliphatic carbocycles. The molecule has 1 N–H and O–H groups in total. The van der Waals surface area contributed by atoms with Gasteiger partial charge in [0, 0.05) is 11.1 Å². The minimum absolute atomic E-state index is 0.719. The smallest absolute Gasteiger partial charge is 0.120 e. The first-order valence-corrected chi connectivity index (χ1v) is 8.75. The predicted molar refractivity (Wildman–Crippen MR) is 98.4 cm³/mol. The Balaban J connectivity index is 0.000000326. The van der Waals surface area contributed by atoms with Crippen molar-refractivity contribution in [3.05, 3.63) is 65.2 Å². The van der Waals surface area contributed by atoms with Gasteiger partial charge in [-0.3, -0.25) is 0 Å². The maximum absolute atomic E-state index is 5.88. The van der Waals surface area contributed by atoms with E-state index in [0.29, 0.717) is 0 Å². The van der Waals surface area contributed by atoms with E-state index in [1.165, 1.54) is 18.4 Å². The molecule has 1 aliphatic rings. The molecule has 0 spiro atoms. The first-order valence-electron chi connectivity index (χ1n) is 8.37. The summed E-state index contributed by atoms with van der Waals surface area (Å²) in [4.78, 5) is 0. The standard InChI is InChI=1S/C16H17ClO.C4H9N/c17-15-10-6-11-16(13-15)18-12-5-4-9-14-7-2-1-3-8-14;1-5-4-2-3-4/h1-3,6-8,10-11,13H,4-5,9,12H2;4-5H,2-3H2,1H3. The van der Waals surface area contributed by atoms with E-state index in [9.17, 15) is 0 Å². The highest BCUT2D eigenvalue weighted by Crippen LogP contribution is 2.17. The molecule has 2 aromatic rings. The van der Waals surface area contributed by atoms with Gasteiger partial charge in [-0.05, 0) is 62.9 Å². The largest absolute Gasteiger partial charge is 0.494 e. The molecule has 2 aromatic carbocycles. The molecule has 23 heavy (non-hydrogen) atoms. The molecule has 1 fully saturated rings. The summed E-state index contributed by atoms with van der Waals surface area (Å²) in [6.45, 7) is 0.743. The van der Waals surface area contributed by atoms with Gasteiger partial charge in [0.2, 0.25) is 0 Å². The lowest BCUT2D eigenvalue weighted by Crippen LogP contribution is -2.06. The number of halogens is 1. The summed E-state index contributed by atoms with van der Waals surface area (Å²) in [5.74, 6) is 0.849. The maximum Gasteiger partial charge on any atom is 0.120 e. The molecule has 0 saturated heterocycles. The topological polar surface area (TPSA) is 21.3 Å². The lowest BCUT2D eigenvalue weighted by atomic mass is 10.1. The quantitative estimate of drug-likeness (QED) is 0.712. The van der Waals surface area contributed by atoms with Crippen molar-refractivity contribution in [3.8, 4) is 5.75 Å². The van der Waals surface area contributed by atoms with Gasteiger partial charge < -0.3 is 10.1 Å². The summed E-state index contributed by atoms with van der Waals surface area (Å²) < 4.78 is 5.64. The van der Waals surface area contributed by atoms with Crippen molar-refractivity contribution in [1.29, 1.82) is 0 Å². The van der Waals surface area contributed by atoms with E-state index in [0.717, 1.165) is 42.7 Å². The van der Waals surface area contributed by atoms with Crippen LogP contribution in [0.4, 0.5) is 0 Å². The molecule has 3 rings (SSSR count). The SMILES string of the molecule is CNC1CC1.Clc1cccc(OCCCCc2ccccc2)c1. The number of unbranched alkanes of at least 4 members (excludes halogenated alkanes) is 1. The third kappa shape index (κ3) is 8.06. The fourth-order valence-corrected chi connectivity index (χ4v) is 2.37. The van der Waals surface area contributed by atoms with Crippen LogP contribution in [-0.2, 0) is 6.42 Å². The molecule has 3 heteroatoms. The first kappa shape index (κ1) is 17.8. The van der Waals surface area contributed by atoms with Gasteiger partial charge in [0.1, 0.15) is 5.75 Å². The van der Waals surface area contributed by atoms with Gasteiger partial charge >= 0.3 is 0 Å². The second-order valence-electron chi connectivity index (χ2n) is 5.81. The molecular formula is C20H26ClNO. The Morgan fingerprint density at radius 1 is 1.04 bits per heavy atom. The van der Waals surface area contributed by atoms with Crippen molar-refractivity contribution in [2.24, 2.45) is 0 Å². The zero-order valence-electron chi connectivity index (χ0n) is 13.8. The van der Waals surface area contributed by atoms with Gasteiger partial charge in [0.15, 0.2) is 0 Å². The Kier molecular flexibility index (Phi) is 7.99. The third-order valence-electron chi connectivity index (χ3n) is 3.75. The van der Waals surface area contributed by atoms with Crippen LogP contribution in [0.5, 0.6) is 5.75 Å². The maximum atomic E-state index is 5.88. The van der Waals surface area contributed by atoms with Gasteiger partial charge in [-0.2, -0.15) is 0 Å². The Labute approximate surface area is 144 Å². The van der Waals surface area contributed by atoms with Crippen LogP contribution in [0.15, 0.2) is 54.6 Å². The predicted octanol–water partition coefficient (Wildman–Crippen LogP) is 5.11. The number of nitrogens with one attached hydrogen (secondary N) is 1. The zero-order chi connectivity index (χ0) is 16.3. The van der Waals surface area contributed by atoms with E-state index >= 15 is 0 Å². The summed E-state index contributed by atoms with van der Waals surface area (Å²) in [6, 6.07) is 19.0. The van der Waals surface area contributed by atoms with Gasteiger partial charge in [0.25, 0.3) is 0 Å². The van der Waals surface area contributed by atoms with Crippen LogP contribution in [0.1, 0.15) is 31.2 Å². The molecule has 0 atom stereocenters. The van der Waals surface area contributed by atoms with Crippen molar-refractivity contribution < 1.29 is 4.74 Å². The summed E-state index contributed by atoms with van der Waals surface area (Å²) in [7, 11) is 2.01. The number of ether oxygens (including phenoxy) is 1. The minimum Gasteiger partial charge on any atom is -0.494 e. The van der Waals surface area contributed by atoms with E-state index < -0.39 is 0 Å². The highest BCUT2D eigenvalue weighted by atomic mass is 35.5. The molecule has 0 amide bonds. The van der Waals surface area contributed by atoms with Crippen molar-refractivity contribution >= 4 is 11.6 Å². The van der Waals surface area contributed by atoms with Crippen LogP contribution in [0, 0.1) is 0 Å². The van der Waals surface area contributed by atoms with Crippen LogP contribution in [-0.4, -0.2) is 19.7 Å². The summed E-state index contributed by atoms with van der Waals surface area (Å²) in [5.41, 5.74) is 1.39. The molecule has 0 heterocycles. The van der Waals surface area contributed by atoms with Crippen molar-refractivity contribution in [3.63, 3.8) is 0 Å². The second-order valence-corrected chi connectivity index (χ2v) is 6.25. The number of aryl methyl sites for hydroxylation is 1. The molecule has 124 valence electrons. The molecule has 0 unspecified atom stereocenters. The monoisotopic (exact) mass is 331 g/mol. The highest BCUT2D eigenvalue weighted by Gasteiger charge is 2.17. The Morgan fingerprint density at radius 2 is 1.83 bits per heavy atom. The van der Waals surface area contributed by atoms with Crippen LogP contribution < -0.4 is 10.1 Å². The number of rotatable bonds is 7. The fourth-order valence-electron chi connectivity index (χ4n) is 2.19. The summed E-state index contributed by atoms with van der Waals surface area (Å²) in [6.07, 6.45) is 6.11. The Hall–Kier alpha value is -1.51. The second kappa shape index (κ2) is 10.3. The molecule has 0 radical (unpaired) electrons. The van der Waals surface area contributed by atoms with Gasteiger partial charge in [0.05, 0.1) is 6.61 Å². The minimum atomic E-state index is 0.719. The van der Waals surface area contributed by atoms with Gasteiger partial charge in [-0.15, -0.1) is 0 Å². The third-order valence-corrected chi connectivity index (χ3v) is 3.99. The molecule has 2 nitrogen and oxygen atoms in total. The molecule has 0 aliphatic heterocycles. The number of benzene rings is 2. The molecule has 0 bridgehead atoms. The van der Waals surface area contributed by atoms with Crippen molar-refractivity contribution in [1.82, 2.24) is 5.32 Å². The first-order chi connectivity index (χ1) is 11.3. The number of hydrogen-bond acceptors (Lipinski definition) is 2. The van der Waals surface area contributed by atoms with Crippen molar-refractivity contribution in [2.45, 2.75) is 38.1 Å². The van der Waals surface area contributed by atoms with Crippen LogP contribution in [0.3, 0.4) is 0 Å². The van der Waals surface area contributed by atoms with Crippen LogP contribution >= 0.6 is 11.6 Å². The van der Waals surface area contributed by atoms with Crippen LogP contribution in [0.2, 0.25) is 5.02 Å². The average molecular weight is 332 g/mol. The fraction of sp³-hybridized carbons (Fsp3) is 0.400. The summed E-state index contributed by atoms with van der Waals surface area (Å²) in [5, 5.41) is 3.86. The Bertz CT molecular complexity index is 555. The number of hydrogen-bond donors (Lipinski definition) is 1. The zero-order valence-corrected chi connectivity index (χ0v) is 14.6. The lowest BCUT2D eigenvalue weighted by Gasteiger charge is -2.06. The molecule has 0 aromatic heterocycles. The van der Waals surface area contributed by atoms with Crippen LogP contribution in [0.25, 0.3) is 0 Å². The van der Waals surface area contributed by atoms with E-state index in [4.69, 9.17) is 16.3 Å². The Morgan fingerprint density at radius 3 is 2.43 bits per heavy atom. The van der Waals surface area contributed by atoms with Gasteiger partial charge in [-0.1, -0.05) is 48.0 Å². The van der Waals surface area contributed by atoms with Gasteiger partial charge in [-0.25, -0.2) is 0 Å². The van der Waals surface area contributed by atoms with E-state index in [1.54, 1.807) is 0 Å². The highest BCUT2D eigenvalue weighted by molar-refractivity contribution is 6.30. The molecule has 1 saturated carbocycles. The normalized spacial score (nSPS) is 13.1. The average Bonchev–Trinajstić information content (AvgIpc) is 3.41. The molecular weight excluding hydrogens is 306 g/mol. The van der Waals surface area contributed by atoms with E-state index in [1.807, 2.05) is 37.4 Å². The van der Waals surface area contributed by atoms with E-state index in [2.05, 4.69) is 29.6 Å². The summed E-state index contributed by atoms with van der Waals surface area (Å²) >= 11 is 5.88.